The number of benzene rings is 2. The summed E-state index contributed by atoms with van der Waals surface area (Å²) in [5.74, 6) is 2.15. The molecule has 3 aromatic rings. The molecule has 1 atom stereocenters. The SMILES string of the molecule is CCC(=O)N1CCC[C@@H]1c1nc2ccccc2n1CCCOc1ccc(CC)cc1. The Morgan fingerprint density at radius 3 is 2.70 bits per heavy atom. The summed E-state index contributed by atoms with van der Waals surface area (Å²) in [7, 11) is 0. The molecule has 1 aromatic heterocycles. The molecule has 1 saturated heterocycles. The lowest BCUT2D eigenvalue weighted by Gasteiger charge is -2.25. The zero-order valence-corrected chi connectivity index (χ0v) is 18.0. The van der Waals surface area contributed by atoms with Crippen molar-refractivity contribution in [1.82, 2.24) is 14.5 Å². The number of hydrogen-bond donors (Lipinski definition) is 0. The van der Waals surface area contributed by atoms with Crippen molar-refractivity contribution in [3.63, 3.8) is 0 Å². The number of likely N-dealkylation sites (tertiary alicyclic amines) is 1. The van der Waals surface area contributed by atoms with Crippen LogP contribution in [0, 0.1) is 0 Å². The monoisotopic (exact) mass is 405 g/mol. The number of nitrogens with zero attached hydrogens (tertiary/aromatic N) is 3. The molecule has 158 valence electrons. The number of fused-ring (bicyclic) bond motifs is 1. The highest BCUT2D eigenvalue weighted by Crippen LogP contribution is 2.34. The summed E-state index contributed by atoms with van der Waals surface area (Å²) in [6.45, 7) is 6.40. The van der Waals surface area contributed by atoms with Gasteiger partial charge in [0.15, 0.2) is 0 Å². The Hall–Kier alpha value is -2.82. The van der Waals surface area contributed by atoms with E-state index in [2.05, 4.69) is 41.8 Å². The summed E-state index contributed by atoms with van der Waals surface area (Å²) in [5, 5.41) is 0. The first-order chi connectivity index (χ1) is 14.7. The number of imidazole rings is 1. The molecule has 0 unspecified atom stereocenters. The van der Waals surface area contributed by atoms with Crippen molar-refractivity contribution >= 4 is 16.9 Å². The van der Waals surface area contributed by atoms with E-state index in [1.165, 1.54) is 5.56 Å². The van der Waals surface area contributed by atoms with Gasteiger partial charge in [-0.05, 0) is 55.5 Å². The number of carbonyl (C=O) groups excluding carboxylic acids is 1. The normalized spacial score (nSPS) is 16.3. The Morgan fingerprint density at radius 2 is 1.93 bits per heavy atom. The minimum absolute atomic E-state index is 0.0763. The van der Waals surface area contributed by atoms with Crippen LogP contribution in [0.3, 0.4) is 0 Å². The van der Waals surface area contributed by atoms with Crippen molar-refractivity contribution in [3.8, 4) is 5.75 Å². The van der Waals surface area contributed by atoms with Gasteiger partial charge in [0.05, 0.1) is 23.7 Å². The number of amides is 1. The van der Waals surface area contributed by atoms with E-state index in [9.17, 15) is 4.79 Å². The molecule has 0 bridgehead atoms. The van der Waals surface area contributed by atoms with Gasteiger partial charge in [0.1, 0.15) is 11.6 Å². The number of rotatable bonds is 8. The van der Waals surface area contributed by atoms with Gasteiger partial charge in [0.2, 0.25) is 5.91 Å². The fraction of sp³-hybridized carbons (Fsp3) is 0.440. The Morgan fingerprint density at radius 1 is 1.13 bits per heavy atom. The predicted molar refractivity (Wildman–Crippen MR) is 120 cm³/mol. The minimum Gasteiger partial charge on any atom is -0.494 e. The molecule has 2 heterocycles. The Balaban J connectivity index is 1.49. The standard InChI is InChI=1S/C25H31N3O2/c1-3-19-12-14-20(15-13-19)30-18-8-17-28-22-10-6-5-9-21(22)26-25(28)23-11-7-16-27(23)24(29)4-2/h5-6,9-10,12-15,23H,3-4,7-8,11,16-18H2,1-2H3/t23-/m1/s1. The molecular formula is C25H31N3O2. The second kappa shape index (κ2) is 9.33. The van der Waals surface area contributed by atoms with Gasteiger partial charge >= 0.3 is 0 Å². The maximum Gasteiger partial charge on any atom is 0.222 e. The number of hydrogen-bond acceptors (Lipinski definition) is 3. The van der Waals surface area contributed by atoms with Crippen LogP contribution < -0.4 is 4.74 Å². The van der Waals surface area contributed by atoms with Gasteiger partial charge in [-0.1, -0.05) is 38.1 Å². The van der Waals surface area contributed by atoms with E-state index in [-0.39, 0.29) is 11.9 Å². The van der Waals surface area contributed by atoms with Gasteiger partial charge in [0, 0.05) is 19.5 Å². The Labute approximate surface area is 178 Å². The molecular weight excluding hydrogens is 374 g/mol. The van der Waals surface area contributed by atoms with Crippen molar-refractivity contribution in [2.45, 2.75) is 58.5 Å². The average molecular weight is 406 g/mol. The van der Waals surface area contributed by atoms with Crippen molar-refractivity contribution in [2.75, 3.05) is 13.2 Å². The molecule has 4 rings (SSSR count). The van der Waals surface area contributed by atoms with Gasteiger partial charge in [0.25, 0.3) is 0 Å². The molecule has 1 amide bonds. The molecule has 1 aliphatic heterocycles. The van der Waals surface area contributed by atoms with E-state index in [1.54, 1.807) is 0 Å². The highest BCUT2D eigenvalue weighted by molar-refractivity contribution is 5.78. The zero-order valence-electron chi connectivity index (χ0n) is 18.0. The Bertz CT molecular complexity index is 993. The second-order valence-corrected chi connectivity index (χ2v) is 7.91. The number of ether oxygens (including phenoxy) is 1. The maximum atomic E-state index is 12.5. The van der Waals surface area contributed by atoms with E-state index in [1.807, 2.05) is 30.0 Å². The number of para-hydroxylation sites is 2. The molecule has 0 radical (unpaired) electrons. The molecule has 1 aliphatic rings. The molecule has 0 aliphatic carbocycles. The molecule has 5 heteroatoms. The predicted octanol–water partition coefficient (Wildman–Crippen LogP) is 5.14. The molecule has 5 nitrogen and oxygen atoms in total. The second-order valence-electron chi connectivity index (χ2n) is 7.91. The van der Waals surface area contributed by atoms with E-state index >= 15 is 0 Å². The average Bonchev–Trinajstić information content (AvgIpc) is 3.41. The van der Waals surface area contributed by atoms with Crippen molar-refractivity contribution < 1.29 is 9.53 Å². The van der Waals surface area contributed by atoms with Crippen LogP contribution in [0.25, 0.3) is 11.0 Å². The molecule has 30 heavy (non-hydrogen) atoms. The minimum atomic E-state index is 0.0763. The zero-order chi connectivity index (χ0) is 20.9. The van der Waals surface area contributed by atoms with Crippen molar-refractivity contribution in [2.24, 2.45) is 0 Å². The lowest BCUT2D eigenvalue weighted by atomic mass is 10.2. The van der Waals surface area contributed by atoms with E-state index in [4.69, 9.17) is 9.72 Å². The summed E-state index contributed by atoms with van der Waals surface area (Å²) >= 11 is 0. The summed E-state index contributed by atoms with van der Waals surface area (Å²) in [4.78, 5) is 19.4. The smallest absolute Gasteiger partial charge is 0.222 e. The summed E-state index contributed by atoms with van der Waals surface area (Å²) in [6.07, 6.45) is 4.49. The van der Waals surface area contributed by atoms with Crippen LogP contribution in [-0.4, -0.2) is 33.5 Å². The largest absolute Gasteiger partial charge is 0.494 e. The lowest BCUT2D eigenvalue weighted by molar-refractivity contribution is -0.131. The quantitative estimate of drug-likeness (QED) is 0.488. The van der Waals surface area contributed by atoms with Crippen molar-refractivity contribution in [1.29, 1.82) is 0 Å². The van der Waals surface area contributed by atoms with Gasteiger partial charge < -0.3 is 14.2 Å². The first kappa shape index (κ1) is 20.5. The fourth-order valence-corrected chi connectivity index (χ4v) is 4.35. The maximum absolute atomic E-state index is 12.5. The van der Waals surface area contributed by atoms with E-state index in [0.29, 0.717) is 13.0 Å². The van der Waals surface area contributed by atoms with Crippen LogP contribution in [0.4, 0.5) is 0 Å². The van der Waals surface area contributed by atoms with Crippen molar-refractivity contribution in [3.05, 3.63) is 59.9 Å². The van der Waals surface area contributed by atoms with Crippen LogP contribution in [0.5, 0.6) is 5.75 Å². The molecule has 0 saturated carbocycles. The third kappa shape index (κ3) is 4.20. The summed E-state index contributed by atoms with van der Waals surface area (Å²) in [6, 6.07) is 16.7. The first-order valence-corrected chi connectivity index (χ1v) is 11.2. The van der Waals surface area contributed by atoms with E-state index in [0.717, 1.165) is 61.4 Å². The van der Waals surface area contributed by atoms with E-state index < -0.39 is 0 Å². The third-order valence-electron chi connectivity index (χ3n) is 5.98. The molecule has 1 fully saturated rings. The third-order valence-corrected chi connectivity index (χ3v) is 5.98. The molecule has 0 N–H and O–H groups in total. The van der Waals surface area contributed by atoms with Gasteiger partial charge in [-0.15, -0.1) is 0 Å². The van der Waals surface area contributed by atoms with Crippen LogP contribution in [-0.2, 0) is 17.8 Å². The van der Waals surface area contributed by atoms with Gasteiger partial charge in [-0.25, -0.2) is 4.98 Å². The van der Waals surface area contributed by atoms with Crippen LogP contribution in [0.1, 0.15) is 57.0 Å². The summed E-state index contributed by atoms with van der Waals surface area (Å²) < 4.78 is 8.26. The fourth-order valence-electron chi connectivity index (χ4n) is 4.35. The molecule has 2 aromatic carbocycles. The topological polar surface area (TPSA) is 47.4 Å². The highest BCUT2D eigenvalue weighted by Gasteiger charge is 2.32. The molecule has 0 spiro atoms. The first-order valence-electron chi connectivity index (χ1n) is 11.2. The van der Waals surface area contributed by atoms with Crippen LogP contribution in [0.2, 0.25) is 0 Å². The lowest BCUT2D eigenvalue weighted by Crippen LogP contribution is -2.31. The van der Waals surface area contributed by atoms with Gasteiger partial charge in [-0.2, -0.15) is 0 Å². The number of carbonyl (C=O) groups is 1. The number of aryl methyl sites for hydroxylation is 2. The van der Waals surface area contributed by atoms with Gasteiger partial charge in [-0.3, -0.25) is 4.79 Å². The Kier molecular flexibility index (Phi) is 6.36. The van der Waals surface area contributed by atoms with Crippen LogP contribution in [0.15, 0.2) is 48.5 Å². The van der Waals surface area contributed by atoms with Crippen LogP contribution >= 0.6 is 0 Å². The summed E-state index contributed by atoms with van der Waals surface area (Å²) in [5.41, 5.74) is 3.45. The highest BCUT2D eigenvalue weighted by atomic mass is 16.5. The number of aromatic nitrogens is 2.